The van der Waals surface area contributed by atoms with Crippen LogP contribution in [0.15, 0.2) is 46.6 Å². The molecule has 1 fully saturated rings. The summed E-state index contributed by atoms with van der Waals surface area (Å²) >= 11 is 0. The van der Waals surface area contributed by atoms with Crippen molar-refractivity contribution < 1.29 is 4.79 Å². The standard InChI is InChI=1S/C18H22O/c1-5-6-7-14-11(2)10-15-16(14)12(3)18(8-9-18)13(4)17(15)19/h5,10,13H,1,6-9H2,2-4H3/t13-/m1/s1. The smallest absolute Gasteiger partial charge is 0.167 e. The molecule has 1 nitrogen and oxygen atoms in total. The molecule has 3 aliphatic carbocycles. The minimum absolute atomic E-state index is 0.175. The third kappa shape index (κ3) is 1.57. The van der Waals surface area contributed by atoms with Gasteiger partial charge in [0.15, 0.2) is 5.78 Å². The first kappa shape index (κ1) is 12.7. The van der Waals surface area contributed by atoms with E-state index in [1.54, 1.807) is 0 Å². The van der Waals surface area contributed by atoms with E-state index >= 15 is 0 Å². The summed E-state index contributed by atoms with van der Waals surface area (Å²) in [4.78, 5) is 12.6. The third-order valence-corrected chi connectivity index (χ3v) is 5.40. The van der Waals surface area contributed by atoms with Crippen LogP contribution >= 0.6 is 0 Å². The lowest BCUT2D eigenvalue weighted by molar-refractivity contribution is -0.120. The molecule has 0 heterocycles. The molecule has 0 aromatic carbocycles. The maximum atomic E-state index is 12.6. The lowest BCUT2D eigenvalue weighted by atomic mass is 9.70. The number of hydrogen-bond acceptors (Lipinski definition) is 1. The Kier molecular flexibility index (Phi) is 2.70. The number of ketones is 1. The van der Waals surface area contributed by atoms with Gasteiger partial charge in [0, 0.05) is 16.9 Å². The van der Waals surface area contributed by atoms with Gasteiger partial charge in [-0.15, -0.1) is 6.58 Å². The summed E-state index contributed by atoms with van der Waals surface area (Å²) in [5.41, 5.74) is 6.62. The molecule has 0 unspecified atom stereocenters. The fourth-order valence-electron chi connectivity index (χ4n) is 3.93. The highest BCUT2D eigenvalue weighted by molar-refractivity contribution is 6.07. The summed E-state index contributed by atoms with van der Waals surface area (Å²) in [6.07, 6.45) is 8.47. The number of fused-ring (bicyclic) bond motifs is 1. The van der Waals surface area contributed by atoms with E-state index in [9.17, 15) is 4.79 Å². The SMILES string of the molecule is C=CCCC1=C(C)C=C2C(=O)[C@@H](C)C3(CC3)C(C)=C21. The second-order valence-electron chi connectivity index (χ2n) is 6.29. The molecule has 0 radical (unpaired) electrons. The van der Waals surface area contributed by atoms with Crippen molar-refractivity contribution >= 4 is 5.78 Å². The summed E-state index contributed by atoms with van der Waals surface area (Å²) in [7, 11) is 0. The van der Waals surface area contributed by atoms with Crippen LogP contribution < -0.4 is 0 Å². The molecular weight excluding hydrogens is 232 g/mol. The predicted molar refractivity (Wildman–Crippen MR) is 78.8 cm³/mol. The van der Waals surface area contributed by atoms with Crippen molar-refractivity contribution in [2.75, 3.05) is 0 Å². The molecule has 1 heteroatoms. The van der Waals surface area contributed by atoms with Crippen LogP contribution in [0.3, 0.4) is 0 Å². The lowest BCUT2D eigenvalue weighted by Crippen LogP contribution is -2.31. The Morgan fingerprint density at radius 2 is 2.11 bits per heavy atom. The molecule has 1 spiro atoms. The van der Waals surface area contributed by atoms with Crippen LogP contribution in [0.1, 0.15) is 46.5 Å². The van der Waals surface area contributed by atoms with Gasteiger partial charge < -0.3 is 0 Å². The third-order valence-electron chi connectivity index (χ3n) is 5.40. The average Bonchev–Trinajstić information content (AvgIpc) is 3.12. The van der Waals surface area contributed by atoms with E-state index in [-0.39, 0.29) is 11.3 Å². The highest BCUT2D eigenvalue weighted by atomic mass is 16.1. The average molecular weight is 254 g/mol. The second kappa shape index (κ2) is 4.06. The number of carbonyl (C=O) groups excluding carboxylic acids is 1. The minimum Gasteiger partial charge on any atom is -0.294 e. The van der Waals surface area contributed by atoms with Crippen LogP contribution in [0.2, 0.25) is 0 Å². The van der Waals surface area contributed by atoms with Crippen molar-refractivity contribution in [2.45, 2.75) is 46.5 Å². The zero-order valence-electron chi connectivity index (χ0n) is 12.2. The number of allylic oxidation sites excluding steroid dienone is 7. The van der Waals surface area contributed by atoms with Crippen molar-refractivity contribution in [1.82, 2.24) is 0 Å². The van der Waals surface area contributed by atoms with Crippen molar-refractivity contribution in [1.29, 1.82) is 0 Å². The summed E-state index contributed by atoms with van der Waals surface area (Å²) in [5.74, 6) is 0.542. The quantitative estimate of drug-likeness (QED) is 0.676. The van der Waals surface area contributed by atoms with Crippen molar-refractivity contribution in [3.63, 3.8) is 0 Å². The van der Waals surface area contributed by atoms with Crippen LogP contribution in [0.4, 0.5) is 0 Å². The highest BCUT2D eigenvalue weighted by Gasteiger charge is 2.56. The zero-order valence-corrected chi connectivity index (χ0v) is 12.2. The lowest BCUT2D eigenvalue weighted by Gasteiger charge is -2.32. The van der Waals surface area contributed by atoms with Crippen LogP contribution in [0.5, 0.6) is 0 Å². The van der Waals surface area contributed by atoms with E-state index in [0.29, 0.717) is 5.78 Å². The molecule has 1 atom stereocenters. The summed E-state index contributed by atoms with van der Waals surface area (Å²) < 4.78 is 0. The van der Waals surface area contributed by atoms with Gasteiger partial charge in [0.25, 0.3) is 0 Å². The molecule has 0 aliphatic heterocycles. The Balaban J connectivity index is 2.10. The van der Waals surface area contributed by atoms with Gasteiger partial charge in [-0.1, -0.05) is 18.6 Å². The first-order valence-electron chi connectivity index (χ1n) is 7.31. The fourth-order valence-corrected chi connectivity index (χ4v) is 3.93. The summed E-state index contributed by atoms with van der Waals surface area (Å²) in [6, 6.07) is 0. The van der Waals surface area contributed by atoms with Gasteiger partial charge in [-0.2, -0.15) is 0 Å². The topological polar surface area (TPSA) is 17.1 Å². The highest BCUT2D eigenvalue weighted by Crippen LogP contribution is 2.63. The monoisotopic (exact) mass is 254 g/mol. The van der Waals surface area contributed by atoms with Crippen LogP contribution in [-0.2, 0) is 4.79 Å². The molecule has 19 heavy (non-hydrogen) atoms. The molecule has 0 saturated heterocycles. The van der Waals surface area contributed by atoms with E-state index < -0.39 is 0 Å². The van der Waals surface area contributed by atoms with Crippen molar-refractivity contribution in [2.24, 2.45) is 11.3 Å². The van der Waals surface area contributed by atoms with E-state index in [4.69, 9.17) is 0 Å². The Morgan fingerprint density at radius 1 is 1.42 bits per heavy atom. The molecular formula is C18H22O. The fraction of sp³-hybridized carbons (Fsp3) is 0.500. The molecule has 0 amide bonds. The van der Waals surface area contributed by atoms with Gasteiger partial charge in [0.1, 0.15) is 0 Å². The van der Waals surface area contributed by atoms with E-state index in [2.05, 4.69) is 33.4 Å². The van der Waals surface area contributed by atoms with Gasteiger partial charge in [0.05, 0.1) is 0 Å². The van der Waals surface area contributed by atoms with Crippen LogP contribution in [0.25, 0.3) is 0 Å². The largest absolute Gasteiger partial charge is 0.294 e. The molecule has 0 aromatic rings. The number of Topliss-reactive ketones (excluding diaryl/α,β-unsaturated/α-hetero) is 1. The Morgan fingerprint density at radius 3 is 2.68 bits per heavy atom. The number of hydrogen-bond donors (Lipinski definition) is 0. The van der Waals surface area contributed by atoms with E-state index in [1.807, 2.05) is 6.08 Å². The molecule has 0 bridgehead atoms. The van der Waals surface area contributed by atoms with E-state index in [0.717, 1.165) is 18.4 Å². The molecule has 3 rings (SSSR count). The normalized spacial score (nSPS) is 27.8. The molecule has 3 aliphatic rings. The van der Waals surface area contributed by atoms with E-state index in [1.165, 1.54) is 35.1 Å². The summed E-state index contributed by atoms with van der Waals surface area (Å²) in [6.45, 7) is 10.3. The van der Waals surface area contributed by atoms with Gasteiger partial charge in [-0.05, 0) is 62.3 Å². The van der Waals surface area contributed by atoms with Gasteiger partial charge in [-0.25, -0.2) is 0 Å². The number of carbonyl (C=O) groups is 1. The van der Waals surface area contributed by atoms with Crippen molar-refractivity contribution in [3.05, 3.63) is 46.6 Å². The molecule has 1 saturated carbocycles. The Hall–Kier alpha value is -1.37. The van der Waals surface area contributed by atoms with Gasteiger partial charge in [-0.3, -0.25) is 4.79 Å². The van der Waals surface area contributed by atoms with Crippen molar-refractivity contribution in [3.8, 4) is 0 Å². The Labute approximate surface area is 115 Å². The molecule has 0 N–H and O–H groups in total. The van der Waals surface area contributed by atoms with Crippen LogP contribution in [-0.4, -0.2) is 5.78 Å². The molecule has 100 valence electrons. The number of rotatable bonds is 3. The van der Waals surface area contributed by atoms with Crippen LogP contribution in [0, 0.1) is 11.3 Å². The van der Waals surface area contributed by atoms with Gasteiger partial charge >= 0.3 is 0 Å². The minimum atomic E-state index is 0.175. The second-order valence-corrected chi connectivity index (χ2v) is 6.29. The first-order valence-corrected chi connectivity index (χ1v) is 7.31. The molecule has 0 aromatic heterocycles. The first-order chi connectivity index (χ1) is 9.03. The van der Waals surface area contributed by atoms with Gasteiger partial charge in [0.2, 0.25) is 0 Å². The Bertz CT molecular complexity index is 564. The predicted octanol–water partition coefficient (Wildman–Crippen LogP) is 4.52. The zero-order chi connectivity index (χ0) is 13.8. The summed E-state index contributed by atoms with van der Waals surface area (Å²) in [5, 5.41) is 0. The maximum absolute atomic E-state index is 12.6. The maximum Gasteiger partial charge on any atom is 0.167 e.